The number of aliphatic hydroxyl groups excluding tert-OH is 1. The first-order valence-electron chi connectivity index (χ1n) is 7.35. The molecule has 1 saturated heterocycles. The molecule has 0 saturated carbocycles. The lowest BCUT2D eigenvalue weighted by molar-refractivity contribution is 0.0281. The maximum atomic E-state index is 12.6. The molecule has 1 amide bonds. The third-order valence-electron chi connectivity index (χ3n) is 3.88. The fourth-order valence-electron chi connectivity index (χ4n) is 2.68. The van der Waals surface area contributed by atoms with Crippen LogP contribution in [0.5, 0.6) is 0 Å². The third kappa shape index (κ3) is 3.03. The van der Waals surface area contributed by atoms with Crippen LogP contribution in [-0.4, -0.2) is 44.4 Å². The summed E-state index contributed by atoms with van der Waals surface area (Å²) in [6, 6.07) is -0.0748. The second kappa shape index (κ2) is 5.56. The lowest BCUT2D eigenvalue weighted by Gasteiger charge is -2.37. The number of hydrogen-bond acceptors (Lipinski definition) is 3. The van der Waals surface area contributed by atoms with Crippen molar-refractivity contribution in [2.75, 3.05) is 6.54 Å². The van der Waals surface area contributed by atoms with Gasteiger partial charge in [0.25, 0.3) is 5.91 Å². The number of piperidine rings is 1. The van der Waals surface area contributed by atoms with Crippen LogP contribution >= 0.6 is 0 Å². The number of aliphatic hydroxyl groups is 1. The van der Waals surface area contributed by atoms with Crippen molar-refractivity contribution in [1.29, 1.82) is 0 Å². The Morgan fingerprint density at radius 2 is 2.15 bits per heavy atom. The molecule has 1 aromatic heterocycles. The highest BCUT2D eigenvalue weighted by atomic mass is 16.3. The molecule has 0 radical (unpaired) electrons. The Hall–Kier alpha value is -1.36. The molecule has 2 atom stereocenters. The highest BCUT2D eigenvalue weighted by Crippen LogP contribution is 2.22. The predicted molar refractivity (Wildman–Crippen MR) is 77.6 cm³/mol. The Morgan fingerprint density at radius 3 is 2.70 bits per heavy atom. The van der Waals surface area contributed by atoms with Gasteiger partial charge < -0.3 is 10.0 Å². The summed E-state index contributed by atoms with van der Waals surface area (Å²) in [5, 5.41) is 14.1. The van der Waals surface area contributed by atoms with Gasteiger partial charge in [0.15, 0.2) is 0 Å². The first-order chi connectivity index (χ1) is 9.30. The quantitative estimate of drug-likeness (QED) is 0.901. The van der Waals surface area contributed by atoms with Gasteiger partial charge in [-0.2, -0.15) is 5.10 Å². The minimum absolute atomic E-state index is 0.0221. The Balaban J connectivity index is 2.19. The first kappa shape index (κ1) is 15.0. The highest BCUT2D eigenvalue weighted by Gasteiger charge is 2.31. The molecule has 5 heteroatoms. The summed E-state index contributed by atoms with van der Waals surface area (Å²) in [7, 11) is 0. The van der Waals surface area contributed by atoms with Crippen LogP contribution in [0.25, 0.3) is 0 Å². The van der Waals surface area contributed by atoms with Crippen LogP contribution in [-0.2, 0) is 5.54 Å². The van der Waals surface area contributed by atoms with Crippen molar-refractivity contribution in [3.63, 3.8) is 0 Å². The molecule has 1 fully saturated rings. The molecule has 20 heavy (non-hydrogen) atoms. The van der Waals surface area contributed by atoms with E-state index in [2.05, 4.69) is 5.10 Å². The van der Waals surface area contributed by atoms with Gasteiger partial charge in [-0.15, -0.1) is 0 Å². The van der Waals surface area contributed by atoms with Crippen molar-refractivity contribution in [3.8, 4) is 0 Å². The van der Waals surface area contributed by atoms with Crippen LogP contribution in [0.1, 0.15) is 57.3 Å². The number of carbonyl (C=O) groups excluding carboxylic acids is 1. The SMILES string of the molecule is CC(O)C1CCCCN1C(=O)c1cnn(C(C)(C)C)c1. The third-order valence-corrected chi connectivity index (χ3v) is 3.88. The van der Waals surface area contributed by atoms with E-state index >= 15 is 0 Å². The molecule has 1 N–H and O–H groups in total. The van der Waals surface area contributed by atoms with Crippen molar-refractivity contribution in [2.24, 2.45) is 0 Å². The van der Waals surface area contributed by atoms with Crippen LogP contribution in [0.2, 0.25) is 0 Å². The molecule has 2 heterocycles. The van der Waals surface area contributed by atoms with Crippen LogP contribution < -0.4 is 0 Å². The summed E-state index contributed by atoms with van der Waals surface area (Å²) < 4.78 is 1.81. The van der Waals surface area contributed by atoms with Gasteiger partial charge in [0, 0.05) is 12.7 Å². The standard InChI is InChI=1S/C15H25N3O2/c1-11(19)13-7-5-6-8-17(13)14(20)12-9-16-18(10-12)15(2,3)4/h9-11,13,19H,5-8H2,1-4H3. The molecule has 1 aliphatic rings. The Kier molecular flexibility index (Phi) is 4.18. The van der Waals surface area contributed by atoms with E-state index in [0.717, 1.165) is 25.8 Å². The van der Waals surface area contributed by atoms with Crippen molar-refractivity contribution in [2.45, 2.75) is 64.6 Å². The average molecular weight is 279 g/mol. The molecule has 112 valence electrons. The Bertz CT molecular complexity index is 474. The zero-order valence-electron chi connectivity index (χ0n) is 12.8. The summed E-state index contributed by atoms with van der Waals surface area (Å²) in [4.78, 5) is 14.4. The first-order valence-corrected chi connectivity index (χ1v) is 7.35. The van der Waals surface area contributed by atoms with Gasteiger partial charge in [-0.1, -0.05) is 0 Å². The topological polar surface area (TPSA) is 58.4 Å². The molecular formula is C15H25N3O2. The molecule has 2 unspecified atom stereocenters. The molecule has 0 bridgehead atoms. The van der Waals surface area contributed by atoms with E-state index in [0.29, 0.717) is 5.56 Å². The van der Waals surface area contributed by atoms with E-state index < -0.39 is 6.10 Å². The number of nitrogens with zero attached hydrogens (tertiary/aromatic N) is 3. The maximum Gasteiger partial charge on any atom is 0.257 e. The number of amides is 1. The fourth-order valence-corrected chi connectivity index (χ4v) is 2.68. The minimum Gasteiger partial charge on any atom is -0.391 e. The minimum atomic E-state index is -0.489. The van der Waals surface area contributed by atoms with Crippen LogP contribution in [0.15, 0.2) is 12.4 Å². The lowest BCUT2D eigenvalue weighted by Crippen LogP contribution is -2.48. The lowest BCUT2D eigenvalue weighted by atomic mass is 9.97. The monoisotopic (exact) mass is 279 g/mol. The molecular weight excluding hydrogens is 254 g/mol. The van der Waals surface area contributed by atoms with Gasteiger partial charge in [-0.3, -0.25) is 9.48 Å². The highest BCUT2D eigenvalue weighted by molar-refractivity contribution is 5.94. The van der Waals surface area contributed by atoms with E-state index in [1.165, 1.54) is 0 Å². The second-order valence-corrected chi connectivity index (χ2v) is 6.65. The summed E-state index contributed by atoms with van der Waals surface area (Å²) in [5.74, 6) is -0.0221. The van der Waals surface area contributed by atoms with Crippen molar-refractivity contribution >= 4 is 5.91 Å². The molecule has 5 nitrogen and oxygen atoms in total. The van der Waals surface area contributed by atoms with Crippen molar-refractivity contribution in [1.82, 2.24) is 14.7 Å². The number of likely N-dealkylation sites (tertiary alicyclic amines) is 1. The van der Waals surface area contributed by atoms with Gasteiger partial charge in [-0.25, -0.2) is 0 Å². The number of carbonyl (C=O) groups is 1. The summed E-state index contributed by atoms with van der Waals surface area (Å²) in [6.45, 7) is 8.62. The zero-order valence-corrected chi connectivity index (χ0v) is 12.8. The number of rotatable bonds is 2. The van der Waals surface area contributed by atoms with Gasteiger partial charge in [0.1, 0.15) is 0 Å². The van der Waals surface area contributed by atoms with Crippen LogP contribution in [0.3, 0.4) is 0 Å². The van der Waals surface area contributed by atoms with Crippen molar-refractivity contribution < 1.29 is 9.90 Å². The average Bonchev–Trinajstić information content (AvgIpc) is 2.87. The second-order valence-electron chi connectivity index (χ2n) is 6.65. The molecule has 0 aromatic carbocycles. The summed E-state index contributed by atoms with van der Waals surface area (Å²) in [6.07, 6.45) is 5.88. The Morgan fingerprint density at radius 1 is 1.45 bits per heavy atom. The van der Waals surface area contributed by atoms with Crippen molar-refractivity contribution in [3.05, 3.63) is 18.0 Å². The van der Waals surface area contributed by atoms with E-state index in [9.17, 15) is 9.90 Å². The van der Waals surface area contributed by atoms with Gasteiger partial charge in [0.05, 0.1) is 29.4 Å². The van der Waals surface area contributed by atoms with E-state index in [4.69, 9.17) is 0 Å². The van der Waals surface area contributed by atoms with Gasteiger partial charge in [0.2, 0.25) is 0 Å². The Labute approximate surface area is 120 Å². The molecule has 0 aliphatic carbocycles. The zero-order chi connectivity index (χ0) is 14.9. The predicted octanol–water partition coefficient (Wildman–Crippen LogP) is 2.01. The normalized spacial score (nSPS) is 21.9. The van der Waals surface area contributed by atoms with Crippen LogP contribution in [0, 0.1) is 0 Å². The largest absolute Gasteiger partial charge is 0.391 e. The van der Waals surface area contributed by atoms with E-state index in [-0.39, 0.29) is 17.5 Å². The molecule has 0 spiro atoms. The van der Waals surface area contributed by atoms with E-state index in [1.54, 1.807) is 24.2 Å². The maximum absolute atomic E-state index is 12.6. The number of aromatic nitrogens is 2. The van der Waals surface area contributed by atoms with Gasteiger partial charge in [-0.05, 0) is 47.0 Å². The smallest absolute Gasteiger partial charge is 0.257 e. The van der Waals surface area contributed by atoms with Gasteiger partial charge >= 0.3 is 0 Å². The summed E-state index contributed by atoms with van der Waals surface area (Å²) >= 11 is 0. The number of hydrogen-bond donors (Lipinski definition) is 1. The summed E-state index contributed by atoms with van der Waals surface area (Å²) in [5.41, 5.74) is 0.469. The molecule has 1 aliphatic heterocycles. The molecule has 1 aromatic rings. The molecule has 2 rings (SSSR count). The fraction of sp³-hybridized carbons (Fsp3) is 0.733. The van der Waals surface area contributed by atoms with E-state index in [1.807, 2.05) is 25.5 Å². The van der Waals surface area contributed by atoms with Crippen LogP contribution in [0.4, 0.5) is 0 Å².